The van der Waals surface area contributed by atoms with Crippen molar-refractivity contribution in [2.24, 2.45) is 0 Å². The first-order valence-electron chi connectivity index (χ1n) is 6.02. The molecule has 1 rings (SSSR count). The fraction of sp³-hybridized carbons (Fsp3) is 0.571. The van der Waals surface area contributed by atoms with Crippen molar-refractivity contribution in [3.05, 3.63) is 34.9 Å². The molecular weight excluding hydrogens is 214 g/mol. The Bertz CT molecular complexity index is 289. The fourth-order valence-corrected chi connectivity index (χ4v) is 2.80. The maximum atomic E-state index is 3.18. The number of rotatable bonds is 7. The van der Waals surface area contributed by atoms with Gasteiger partial charge in [0, 0.05) is 5.75 Å². The molecule has 0 aliphatic heterocycles. The minimum absolute atomic E-state index is 1.14. The maximum absolute atomic E-state index is 3.18. The van der Waals surface area contributed by atoms with E-state index in [1.807, 2.05) is 18.8 Å². The molecule has 0 aromatic heterocycles. The van der Waals surface area contributed by atoms with Gasteiger partial charge in [-0.15, -0.1) is 0 Å². The van der Waals surface area contributed by atoms with Gasteiger partial charge >= 0.3 is 0 Å². The molecule has 16 heavy (non-hydrogen) atoms. The minimum atomic E-state index is 1.14. The van der Waals surface area contributed by atoms with E-state index in [-0.39, 0.29) is 0 Å². The summed E-state index contributed by atoms with van der Waals surface area (Å²) in [5, 5.41) is 3.18. The number of hydrogen-bond acceptors (Lipinski definition) is 2. The van der Waals surface area contributed by atoms with Crippen LogP contribution in [0.1, 0.15) is 29.5 Å². The maximum Gasteiger partial charge on any atom is 0.0184 e. The van der Waals surface area contributed by atoms with Gasteiger partial charge in [-0.05, 0) is 51.6 Å². The number of thioether (sulfide) groups is 1. The van der Waals surface area contributed by atoms with Crippen LogP contribution < -0.4 is 5.32 Å². The zero-order chi connectivity index (χ0) is 11.8. The van der Waals surface area contributed by atoms with Gasteiger partial charge < -0.3 is 5.32 Å². The Hall–Kier alpha value is -0.470. The molecule has 0 bridgehead atoms. The second-order valence-corrected chi connectivity index (χ2v) is 5.46. The van der Waals surface area contributed by atoms with Crippen molar-refractivity contribution >= 4 is 11.8 Å². The predicted octanol–water partition coefficient (Wildman–Crippen LogP) is 3.54. The second kappa shape index (κ2) is 7.75. The molecule has 0 radical (unpaired) electrons. The highest BCUT2D eigenvalue weighted by Gasteiger charge is 1.96. The molecule has 0 aliphatic rings. The lowest BCUT2D eigenvalue weighted by Gasteiger charge is -2.05. The first-order valence-corrected chi connectivity index (χ1v) is 7.17. The van der Waals surface area contributed by atoms with Crippen molar-refractivity contribution in [2.75, 3.05) is 19.3 Å². The van der Waals surface area contributed by atoms with E-state index >= 15 is 0 Å². The lowest BCUT2D eigenvalue weighted by molar-refractivity contribution is 0.715. The van der Waals surface area contributed by atoms with Crippen molar-refractivity contribution in [1.29, 1.82) is 0 Å². The molecule has 0 unspecified atom stereocenters. The topological polar surface area (TPSA) is 12.0 Å². The standard InChI is InChI=1S/C14H23NS/c1-12-8-13(2)10-14(9-12)11-16-7-5-4-6-15-3/h8-10,15H,4-7,11H2,1-3H3. The first kappa shape index (κ1) is 13.6. The van der Waals surface area contributed by atoms with Crippen molar-refractivity contribution in [2.45, 2.75) is 32.4 Å². The number of aryl methyl sites for hydroxylation is 2. The Kier molecular flexibility index (Phi) is 6.58. The van der Waals surface area contributed by atoms with E-state index in [0.29, 0.717) is 0 Å². The Morgan fingerprint density at radius 2 is 1.75 bits per heavy atom. The number of nitrogens with one attached hydrogen (secondary N) is 1. The van der Waals surface area contributed by atoms with E-state index < -0.39 is 0 Å². The van der Waals surface area contributed by atoms with Crippen LogP contribution in [0.25, 0.3) is 0 Å². The molecule has 1 N–H and O–H groups in total. The fourth-order valence-electron chi connectivity index (χ4n) is 1.85. The summed E-state index contributed by atoms with van der Waals surface area (Å²) in [6.07, 6.45) is 2.60. The van der Waals surface area contributed by atoms with Gasteiger partial charge in [0.1, 0.15) is 0 Å². The van der Waals surface area contributed by atoms with E-state index in [1.54, 1.807) is 0 Å². The third kappa shape index (κ3) is 5.57. The SMILES string of the molecule is CNCCCCSCc1cc(C)cc(C)c1. The van der Waals surface area contributed by atoms with Crippen LogP contribution in [0.3, 0.4) is 0 Å². The van der Waals surface area contributed by atoms with Gasteiger partial charge in [0.25, 0.3) is 0 Å². The van der Waals surface area contributed by atoms with Crippen LogP contribution in [0.15, 0.2) is 18.2 Å². The quantitative estimate of drug-likeness (QED) is 0.728. The lowest BCUT2D eigenvalue weighted by Crippen LogP contribution is -2.07. The molecule has 0 aliphatic carbocycles. The van der Waals surface area contributed by atoms with Crippen LogP contribution in [0, 0.1) is 13.8 Å². The molecule has 1 aromatic carbocycles. The third-order valence-electron chi connectivity index (χ3n) is 2.52. The molecule has 90 valence electrons. The van der Waals surface area contributed by atoms with Gasteiger partial charge in [-0.1, -0.05) is 29.3 Å². The van der Waals surface area contributed by atoms with Crippen molar-refractivity contribution in [3.8, 4) is 0 Å². The van der Waals surface area contributed by atoms with E-state index in [1.165, 1.54) is 35.3 Å². The summed E-state index contributed by atoms with van der Waals surface area (Å²) in [6, 6.07) is 6.84. The summed E-state index contributed by atoms with van der Waals surface area (Å²) in [4.78, 5) is 0. The van der Waals surface area contributed by atoms with E-state index in [9.17, 15) is 0 Å². The number of unbranched alkanes of at least 4 members (excludes halogenated alkanes) is 1. The van der Waals surface area contributed by atoms with Crippen LogP contribution in [-0.2, 0) is 5.75 Å². The summed E-state index contributed by atoms with van der Waals surface area (Å²) in [7, 11) is 2.02. The molecule has 2 heteroatoms. The van der Waals surface area contributed by atoms with Gasteiger partial charge in [-0.2, -0.15) is 11.8 Å². The first-order chi connectivity index (χ1) is 7.72. The second-order valence-electron chi connectivity index (χ2n) is 4.36. The van der Waals surface area contributed by atoms with Gasteiger partial charge in [0.15, 0.2) is 0 Å². The van der Waals surface area contributed by atoms with Crippen LogP contribution in [0.5, 0.6) is 0 Å². The smallest absolute Gasteiger partial charge is 0.0184 e. The average molecular weight is 237 g/mol. The van der Waals surface area contributed by atoms with Crippen LogP contribution >= 0.6 is 11.8 Å². The molecule has 0 spiro atoms. The van der Waals surface area contributed by atoms with Crippen molar-refractivity contribution < 1.29 is 0 Å². The highest BCUT2D eigenvalue weighted by atomic mass is 32.2. The van der Waals surface area contributed by atoms with Crippen molar-refractivity contribution in [1.82, 2.24) is 5.32 Å². The third-order valence-corrected chi connectivity index (χ3v) is 3.63. The largest absolute Gasteiger partial charge is 0.320 e. The van der Waals surface area contributed by atoms with Gasteiger partial charge in [0.05, 0.1) is 0 Å². The highest BCUT2D eigenvalue weighted by Crippen LogP contribution is 2.16. The van der Waals surface area contributed by atoms with E-state index in [2.05, 4.69) is 37.4 Å². The van der Waals surface area contributed by atoms with E-state index in [4.69, 9.17) is 0 Å². The molecular formula is C14H23NS. The zero-order valence-corrected chi connectivity index (χ0v) is 11.5. The molecule has 1 aromatic rings. The normalized spacial score (nSPS) is 10.7. The molecule has 1 nitrogen and oxygen atoms in total. The predicted molar refractivity (Wildman–Crippen MR) is 75.2 cm³/mol. The van der Waals surface area contributed by atoms with Gasteiger partial charge in [-0.25, -0.2) is 0 Å². The van der Waals surface area contributed by atoms with Crippen LogP contribution in [0.2, 0.25) is 0 Å². The summed E-state index contributed by atoms with van der Waals surface area (Å²) >= 11 is 2.05. The summed E-state index contributed by atoms with van der Waals surface area (Å²) < 4.78 is 0. The highest BCUT2D eigenvalue weighted by molar-refractivity contribution is 7.98. The molecule has 0 fully saturated rings. The molecule has 0 atom stereocenters. The van der Waals surface area contributed by atoms with Gasteiger partial charge in [0.2, 0.25) is 0 Å². The summed E-state index contributed by atoms with van der Waals surface area (Å²) in [6.45, 7) is 5.49. The summed E-state index contributed by atoms with van der Waals surface area (Å²) in [5.41, 5.74) is 4.23. The minimum Gasteiger partial charge on any atom is -0.320 e. The Morgan fingerprint density at radius 1 is 1.06 bits per heavy atom. The molecule has 0 amide bonds. The van der Waals surface area contributed by atoms with E-state index in [0.717, 1.165) is 12.3 Å². The molecule has 0 heterocycles. The van der Waals surface area contributed by atoms with Crippen molar-refractivity contribution in [3.63, 3.8) is 0 Å². The number of benzene rings is 1. The molecule has 0 saturated carbocycles. The zero-order valence-electron chi connectivity index (χ0n) is 10.7. The Labute approximate surface area is 104 Å². The average Bonchev–Trinajstić information content (AvgIpc) is 2.22. The lowest BCUT2D eigenvalue weighted by atomic mass is 10.1. The number of hydrogen-bond donors (Lipinski definition) is 1. The van der Waals surface area contributed by atoms with Gasteiger partial charge in [-0.3, -0.25) is 0 Å². The van der Waals surface area contributed by atoms with Crippen LogP contribution in [-0.4, -0.2) is 19.3 Å². The molecule has 0 saturated heterocycles. The Morgan fingerprint density at radius 3 is 2.38 bits per heavy atom. The monoisotopic (exact) mass is 237 g/mol. The Balaban J connectivity index is 2.21. The van der Waals surface area contributed by atoms with Crippen LogP contribution in [0.4, 0.5) is 0 Å². The summed E-state index contributed by atoms with van der Waals surface area (Å²) in [5.74, 6) is 2.43.